The number of aryl methyl sites for hydroxylation is 2. The molecule has 1 rings (SSSR count). The number of hydrogen-bond acceptors (Lipinski definition) is 2. The molecule has 0 N–H and O–H groups in total. The van der Waals surface area contributed by atoms with Crippen LogP contribution >= 0.6 is 0 Å². The van der Waals surface area contributed by atoms with Gasteiger partial charge < -0.3 is 9.64 Å². The topological polar surface area (TPSA) is 12.5 Å². The SMILES string of the molecule is C=CC(C/C=C(\C)N(CC)Cc1ccc(C)cc1C)OC.CC.CCC.CCCC. The van der Waals surface area contributed by atoms with Gasteiger partial charge in [-0.2, -0.15) is 0 Å². The summed E-state index contributed by atoms with van der Waals surface area (Å²) in [6.07, 6.45) is 8.95. The second kappa shape index (κ2) is 23.7. The predicted molar refractivity (Wildman–Crippen MR) is 139 cm³/mol. The van der Waals surface area contributed by atoms with Gasteiger partial charge in [0.15, 0.2) is 0 Å². The highest BCUT2D eigenvalue weighted by Crippen LogP contribution is 2.16. The second-order valence-corrected chi connectivity index (χ2v) is 7.24. The highest BCUT2D eigenvalue weighted by Gasteiger charge is 2.08. The molecule has 0 radical (unpaired) electrons. The molecule has 0 aliphatic heterocycles. The minimum Gasteiger partial charge on any atom is -0.377 e. The first-order chi connectivity index (χ1) is 14.3. The first-order valence-electron chi connectivity index (χ1n) is 12.0. The van der Waals surface area contributed by atoms with Crippen molar-refractivity contribution in [3.63, 3.8) is 0 Å². The smallest absolute Gasteiger partial charge is 0.0784 e. The average Bonchev–Trinajstić information content (AvgIpc) is 2.76. The molecule has 2 nitrogen and oxygen atoms in total. The molecule has 0 amide bonds. The van der Waals surface area contributed by atoms with Crippen LogP contribution in [0.5, 0.6) is 0 Å². The normalized spacial score (nSPS) is 11.0. The highest BCUT2D eigenvalue weighted by molar-refractivity contribution is 5.30. The van der Waals surface area contributed by atoms with Crippen LogP contribution < -0.4 is 0 Å². The van der Waals surface area contributed by atoms with Gasteiger partial charge in [0.2, 0.25) is 0 Å². The molecule has 2 heteroatoms. The standard InChI is InChI=1S/C19H29NO.C4H10.C3H8.C2H6/c1-7-19(21-6)12-10-17(5)20(8-2)14-18-11-9-15(3)13-16(18)4;1-3-4-2;1-3-2;1-2/h7,9-11,13,19H,1,8,12,14H2,2-6H3;3-4H2,1-2H3;3H2,1-2H3;1-2H3/b17-10+;;;. The fourth-order valence-corrected chi connectivity index (χ4v) is 2.42. The molecule has 176 valence electrons. The zero-order chi connectivity index (χ0) is 23.9. The summed E-state index contributed by atoms with van der Waals surface area (Å²) >= 11 is 0. The lowest BCUT2D eigenvalue weighted by atomic mass is 10.0. The molecule has 0 saturated carbocycles. The molecule has 1 aromatic rings. The first kappa shape index (κ1) is 33.1. The van der Waals surface area contributed by atoms with Crippen molar-refractivity contribution in [1.29, 1.82) is 0 Å². The molecular formula is C28H53NO. The molecule has 0 aliphatic rings. The molecule has 1 aromatic carbocycles. The van der Waals surface area contributed by atoms with Gasteiger partial charge in [-0.25, -0.2) is 0 Å². The molecule has 0 aromatic heterocycles. The van der Waals surface area contributed by atoms with E-state index in [2.05, 4.69) is 91.1 Å². The van der Waals surface area contributed by atoms with Crippen LogP contribution in [0, 0.1) is 13.8 Å². The fourth-order valence-electron chi connectivity index (χ4n) is 2.42. The molecule has 1 unspecified atom stereocenters. The van der Waals surface area contributed by atoms with Gasteiger partial charge in [0, 0.05) is 25.9 Å². The summed E-state index contributed by atoms with van der Waals surface area (Å²) in [6, 6.07) is 6.68. The van der Waals surface area contributed by atoms with Crippen LogP contribution in [0.15, 0.2) is 42.6 Å². The zero-order valence-electron chi connectivity index (χ0n) is 22.3. The molecule has 0 aliphatic carbocycles. The molecule has 0 spiro atoms. The summed E-state index contributed by atoms with van der Waals surface area (Å²) in [5, 5.41) is 0. The zero-order valence-corrected chi connectivity index (χ0v) is 22.3. The molecular weight excluding hydrogens is 366 g/mol. The minimum absolute atomic E-state index is 0.0970. The lowest BCUT2D eigenvalue weighted by Crippen LogP contribution is -2.21. The Hall–Kier alpha value is -1.54. The maximum absolute atomic E-state index is 5.33. The minimum atomic E-state index is 0.0970. The third kappa shape index (κ3) is 17.3. The van der Waals surface area contributed by atoms with Crippen LogP contribution in [-0.2, 0) is 11.3 Å². The van der Waals surface area contributed by atoms with Gasteiger partial charge in [-0.05, 0) is 45.2 Å². The van der Waals surface area contributed by atoms with Gasteiger partial charge in [-0.1, -0.05) is 96.7 Å². The fraction of sp³-hybridized carbons (Fsp3) is 0.643. The second-order valence-electron chi connectivity index (χ2n) is 7.24. The van der Waals surface area contributed by atoms with Gasteiger partial charge in [0.25, 0.3) is 0 Å². The Balaban J connectivity index is -0.000000691. The van der Waals surface area contributed by atoms with Crippen LogP contribution in [0.1, 0.15) is 97.8 Å². The van der Waals surface area contributed by atoms with Crippen molar-refractivity contribution in [2.24, 2.45) is 0 Å². The maximum atomic E-state index is 5.33. The van der Waals surface area contributed by atoms with Crippen molar-refractivity contribution in [1.82, 2.24) is 4.90 Å². The van der Waals surface area contributed by atoms with Crippen molar-refractivity contribution < 1.29 is 4.74 Å². The van der Waals surface area contributed by atoms with E-state index in [0.717, 1.165) is 19.5 Å². The van der Waals surface area contributed by atoms with Crippen molar-refractivity contribution in [3.05, 3.63) is 59.3 Å². The van der Waals surface area contributed by atoms with E-state index in [9.17, 15) is 0 Å². The van der Waals surface area contributed by atoms with E-state index >= 15 is 0 Å². The maximum Gasteiger partial charge on any atom is 0.0784 e. The van der Waals surface area contributed by atoms with Gasteiger partial charge in [0.05, 0.1) is 6.10 Å². The number of ether oxygens (including phenoxy) is 1. The Morgan fingerprint density at radius 1 is 1.07 bits per heavy atom. The summed E-state index contributed by atoms with van der Waals surface area (Å²) in [4.78, 5) is 2.40. The van der Waals surface area contributed by atoms with E-state index in [1.807, 2.05) is 19.9 Å². The van der Waals surface area contributed by atoms with E-state index in [1.165, 1.54) is 41.6 Å². The monoisotopic (exact) mass is 419 g/mol. The molecule has 0 saturated heterocycles. The van der Waals surface area contributed by atoms with E-state index in [1.54, 1.807) is 7.11 Å². The number of hydrogen-bond donors (Lipinski definition) is 0. The lowest BCUT2D eigenvalue weighted by Gasteiger charge is -2.25. The van der Waals surface area contributed by atoms with Crippen LogP contribution in [0.25, 0.3) is 0 Å². The molecule has 0 heterocycles. The molecule has 30 heavy (non-hydrogen) atoms. The number of methoxy groups -OCH3 is 1. The number of rotatable bonds is 9. The van der Waals surface area contributed by atoms with Crippen molar-refractivity contribution in [3.8, 4) is 0 Å². The largest absolute Gasteiger partial charge is 0.377 e. The van der Waals surface area contributed by atoms with E-state index in [0.29, 0.717) is 0 Å². The molecule has 0 bridgehead atoms. The van der Waals surface area contributed by atoms with Crippen molar-refractivity contribution >= 4 is 0 Å². The Bertz CT molecular complexity index is 531. The van der Waals surface area contributed by atoms with Gasteiger partial charge in [0.1, 0.15) is 0 Å². The summed E-state index contributed by atoms with van der Waals surface area (Å²) < 4.78 is 5.33. The van der Waals surface area contributed by atoms with Gasteiger partial charge in [-0.3, -0.25) is 0 Å². The number of allylic oxidation sites excluding steroid dienone is 1. The predicted octanol–water partition coefficient (Wildman–Crippen LogP) is 8.87. The summed E-state index contributed by atoms with van der Waals surface area (Å²) in [5.74, 6) is 0. The van der Waals surface area contributed by atoms with Crippen LogP contribution in [0.3, 0.4) is 0 Å². The van der Waals surface area contributed by atoms with Gasteiger partial charge in [-0.15, -0.1) is 6.58 Å². The van der Waals surface area contributed by atoms with E-state index in [4.69, 9.17) is 4.74 Å². The first-order valence-corrected chi connectivity index (χ1v) is 12.0. The van der Waals surface area contributed by atoms with Crippen molar-refractivity contribution in [2.45, 2.75) is 108 Å². The van der Waals surface area contributed by atoms with E-state index in [-0.39, 0.29) is 6.10 Å². The summed E-state index contributed by atoms with van der Waals surface area (Å²) in [5.41, 5.74) is 5.37. The van der Waals surface area contributed by atoms with Gasteiger partial charge >= 0.3 is 0 Å². The summed E-state index contributed by atoms with van der Waals surface area (Å²) in [6.45, 7) is 27.1. The lowest BCUT2D eigenvalue weighted by molar-refractivity contribution is 0.143. The third-order valence-corrected chi connectivity index (χ3v) is 4.45. The molecule has 0 fully saturated rings. The Kier molecular flexibility index (Phi) is 26.2. The number of nitrogens with zero attached hydrogens (tertiary/aromatic N) is 1. The quantitative estimate of drug-likeness (QED) is 0.370. The Morgan fingerprint density at radius 2 is 1.60 bits per heavy atom. The van der Waals surface area contributed by atoms with Crippen LogP contribution in [0.4, 0.5) is 0 Å². The highest BCUT2D eigenvalue weighted by atomic mass is 16.5. The van der Waals surface area contributed by atoms with Crippen molar-refractivity contribution in [2.75, 3.05) is 13.7 Å². The number of unbranched alkanes of at least 4 members (excludes halogenated alkanes) is 1. The number of benzene rings is 1. The van der Waals surface area contributed by atoms with Crippen LogP contribution in [0.2, 0.25) is 0 Å². The van der Waals surface area contributed by atoms with Crippen LogP contribution in [-0.4, -0.2) is 24.7 Å². The Labute approximate surface area is 190 Å². The third-order valence-electron chi connectivity index (χ3n) is 4.45. The van der Waals surface area contributed by atoms with E-state index < -0.39 is 0 Å². The Morgan fingerprint density at radius 3 is 1.97 bits per heavy atom. The average molecular weight is 420 g/mol. The summed E-state index contributed by atoms with van der Waals surface area (Å²) in [7, 11) is 1.72. The molecule has 1 atom stereocenters.